The molecule has 27 heavy (non-hydrogen) atoms. The van der Waals surface area contributed by atoms with Crippen molar-refractivity contribution in [3.05, 3.63) is 36.0 Å². The fourth-order valence-corrected chi connectivity index (χ4v) is 3.92. The third kappa shape index (κ3) is 4.10. The van der Waals surface area contributed by atoms with Crippen molar-refractivity contribution in [1.82, 2.24) is 24.9 Å². The summed E-state index contributed by atoms with van der Waals surface area (Å²) in [6, 6.07) is 3.82. The SMILES string of the molecule is Cc1cc([C@@H]2CCCCN2C(=O)CN2CCN(c3ncccn3)CC2)no1. The summed E-state index contributed by atoms with van der Waals surface area (Å²) in [6.07, 6.45) is 6.66. The molecule has 4 heterocycles. The summed E-state index contributed by atoms with van der Waals surface area (Å²) in [6.45, 7) is 6.50. The first-order valence-electron chi connectivity index (χ1n) is 9.68. The molecular formula is C19H26N6O2. The second-order valence-electron chi connectivity index (χ2n) is 7.27. The Labute approximate surface area is 159 Å². The molecule has 2 aromatic rings. The Kier molecular flexibility index (Phi) is 5.33. The number of aromatic nitrogens is 3. The zero-order valence-electron chi connectivity index (χ0n) is 15.8. The van der Waals surface area contributed by atoms with Crippen molar-refractivity contribution in [1.29, 1.82) is 0 Å². The number of hydrogen-bond acceptors (Lipinski definition) is 7. The number of carbonyl (C=O) groups excluding carboxylic acids is 1. The standard InChI is InChI=1S/C19H26N6O2/c1-15-13-16(22-27-15)17-5-2-3-8-25(17)18(26)14-23-9-11-24(12-10-23)19-20-6-4-7-21-19/h4,6-7,13,17H,2-3,5,8-12,14H2,1H3/t17-/m0/s1. The first kappa shape index (κ1) is 17.9. The minimum atomic E-state index is 0.0442. The lowest BCUT2D eigenvalue weighted by Gasteiger charge is -2.38. The average Bonchev–Trinajstić information content (AvgIpc) is 3.15. The third-order valence-electron chi connectivity index (χ3n) is 5.38. The summed E-state index contributed by atoms with van der Waals surface area (Å²) in [5, 5.41) is 4.16. The smallest absolute Gasteiger partial charge is 0.237 e. The van der Waals surface area contributed by atoms with Crippen molar-refractivity contribution in [3.8, 4) is 0 Å². The van der Waals surface area contributed by atoms with Crippen molar-refractivity contribution < 1.29 is 9.32 Å². The molecule has 1 atom stereocenters. The minimum Gasteiger partial charge on any atom is -0.361 e. The Bertz CT molecular complexity index is 757. The molecule has 0 aromatic carbocycles. The molecular weight excluding hydrogens is 344 g/mol. The van der Waals surface area contributed by atoms with E-state index in [0.717, 1.165) is 69.4 Å². The van der Waals surface area contributed by atoms with E-state index in [9.17, 15) is 4.79 Å². The Morgan fingerprint density at radius 2 is 1.93 bits per heavy atom. The van der Waals surface area contributed by atoms with E-state index >= 15 is 0 Å². The van der Waals surface area contributed by atoms with Gasteiger partial charge in [-0.25, -0.2) is 9.97 Å². The van der Waals surface area contributed by atoms with Gasteiger partial charge in [-0.15, -0.1) is 0 Å². The first-order valence-corrected chi connectivity index (χ1v) is 9.68. The first-order chi connectivity index (χ1) is 13.2. The van der Waals surface area contributed by atoms with Crippen LogP contribution in [0.1, 0.15) is 36.8 Å². The van der Waals surface area contributed by atoms with Gasteiger partial charge in [0, 0.05) is 51.2 Å². The molecule has 0 saturated carbocycles. The van der Waals surface area contributed by atoms with Gasteiger partial charge >= 0.3 is 0 Å². The lowest BCUT2D eigenvalue weighted by Crippen LogP contribution is -2.51. The lowest BCUT2D eigenvalue weighted by atomic mass is 9.99. The van der Waals surface area contributed by atoms with Gasteiger partial charge in [-0.2, -0.15) is 0 Å². The van der Waals surface area contributed by atoms with Crippen LogP contribution < -0.4 is 4.90 Å². The van der Waals surface area contributed by atoms with E-state index < -0.39 is 0 Å². The summed E-state index contributed by atoms with van der Waals surface area (Å²) in [7, 11) is 0. The van der Waals surface area contributed by atoms with Crippen molar-refractivity contribution in [2.75, 3.05) is 44.2 Å². The number of aryl methyl sites for hydroxylation is 1. The summed E-state index contributed by atoms with van der Waals surface area (Å²) < 4.78 is 5.23. The van der Waals surface area contributed by atoms with E-state index in [0.29, 0.717) is 6.54 Å². The predicted molar refractivity (Wildman–Crippen MR) is 100 cm³/mol. The highest BCUT2D eigenvalue weighted by atomic mass is 16.5. The molecule has 0 bridgehead atoms. The van der Waals surface area contributed by atoms with E-state index in [1.807, 2.05) is 24.0 Å². The Balaban J connectivity index is 1.34. The fraction of sp³-hybridized carbons (Fsp3) is 0.579. The molecule has 0 N–H and O–H groups in total. The van der Waals surface area contributed by atoms with E-state index in [4.69, 9.17) is 4.52 Å². The number of amides is 1. The minimum absolute atomic E-state index is 0.0442. The molecule has 2 aromatic heterocycles. The number of anilines is 1. The van der Waals surface area contributed by atoms with Crippen molar-refractivity contribution in [2.24, 2.45) is 0 Å². The van der Waals surface area contributed by atoms with Crippen LogP contribution in [-0.2, 0) is 4.79 Å². The highest BCUT2D eigenvalue weighted by Gasteiger charge is 2.31. The largest absolute Gasteiger partial charge is 0.361 e. The topological polar surface area (TPSA) is 78.6 Å². The highest BCUT2D eigenvalue weighted by molar-refractivity contribution is 5.79. The van der Waals surface area contributed by atoms with Gasteiger partial charge in [0.2, 0.25) is 11.9 Å². The number of piperidine rings is 1. The molecule has 2 aliphatic rings. The molecule has 2 fully saturated rings. The Hall–Kier alpha value is -2.48. The molecule has 4 rings (SSSR count). The van der Waals surface area contributed by atoms with Gasteiger partial charge < -0.3 is 14.3 Å². The van der Waals surface area contributed by atoms with Crippen LogP contribution in [0.3, 0.4) is 0 Å². The molecule has 1 amide bonds. The second-order valence-corrected chi connectivity index (χ2v) is 7.27. The van der Waals surface area contributed by atoms with E-state index in [1.54, 1.807) is 12.4 Å². The van der Waals surface area contributed by atoms with Crippen LogP contribution in [0.4, 0.5) is 5.95 Å². The van der Waals surface area contributed by atoms with E-state index in [-0.39, 0.29) is 11.9 Å². The number of likely N-dealkylation sites (tertiary alicyclic amines) is 1. The Morgan fingerprint density at radius 3 is 2.63 bits per heavy atom. The van der Waals surface area contributed by atoms with E-state index in [1.165, 1.54) is 0 Å². The van der Waals surface area contributed by atoms with Crippen LogP contribution in [-0.4, -0.2) is 70.1 Å². The fourth-order valence-electron chi connectivity index (χ4n) is 3.92. The van der Waals surface area contributed by atoms with Crippen LogP contribution >= 0.6 is 0 Å². The number of carbonyl (C=O) groups is 1. The Morgan fingerprint density at radius 1 is 1.15 bits per heavy atom. The summed E-state index contributed by atoms with van der Waals surface area (Å²) in [5.41, 5.74) is 0.881. The second kappa shape index (κ2) is 8.04. The van der Waals surface area contributed by atoms with Gasteiger partial charge in [0.25, 0.3) is 0 Å². The zero-order chi connectivity index (χ0) is 18.6. The molecule has 2 saturated heterocycles. The van der Waals surface area contributed by atoms with Gasteiger partial charge in [0.1, 0.15) is 11.5 Å². The average molecular weight is 370 g/mol. The summed E-state index contributed by atoms with van der Waals surface area (Å²) in [4.78, 5) is 28.0. The molecule has 144 valence electrons. The molecule has 8 nitrogen and oxygen atoms in total. The number of nitrogens with zero attached hydrogens (tertiary/aromatic N) is 6. The predicted octanol–water partition coefficient (Wildman–Crippen LogP) is 1.65. The van der Waals surface area contributed by atoms with Crippen LogP contribution in [0.15, 0.2) is 29.0 Å². The van der Waals surface area contributed by atoms with Gasteiger partial charge in [-0.05, 0) is 32.3 Å². The van der Waals surface area contributed by atoms with Crippen LogP contribution in [0.25, 0.3) is 0 Å². The van der Waals surface area contributed by atoms with Crippen LogP contribution in [0, 0.1) is 6.92 Å². The molecule has 0 radical (unpaired) electrons. The van der Waals surface area contributed by atoms with Gasteiger partial charge in [-0.1, -0.05) is 5.16 Å². The van der Waals surface area contributed by atoms with Gasteiger partial charge in [0.15, 0.2) is 0 Å². The lowest BCUT2D eigenvalue weighted by molar-refractivity contribution is -0.136. The highest BCUT2D eigenvalue weighted by Crippen LogP contribution is 2.30. The summed E-state index contributed by atoms with van der Waals surface area (Å²) in [5.74, 6) is 1.74. The molecule has 0 aliphatic carbocycles. The molecule has 2 aliphatic heterocycles. The van der Waals surface area contributed by atoms with Crippen molar-refractivity contribution in [3.63, 3.8) is 0 Å². The number of hydrogen-bond donors (Lipinski definition) is 0. The molecule has 8 heteroatoms. The normalized spacial score (nSPS) is 21.4. The van der Waals surface area contributed by atoms with Crippen LogP contribution in [0.5, 0.6) is 0 Å². The zero-order valence-corrected chi connectivity index (χ0v) is 15.8. The third-order valence-corrected chi connectivity index (χ3v) is 5.38. The quantitative estimate of drug-likeness (QED) is 0.810. The van der Waals surface area contributed by atoms with Gasteiger partial charge in [-0.3, -0.25) is 9.69 Å². The van der Waals surface area contributed by atoms with Crippen molar-refractivity contribution >= 4 is 11.9 Å². The van der Waals surface area contributed by atoms with Crippen molar-refractivity contribution in [2.45, 2.75) is 32.2 Å². The van der Waals surface area contributed by atoms with E-state index in [2.05, 4.69) is 24.9 Å². The molecule has 0 spiro atoms. The number of piperazine rings is 1. The van der Waals surface area contributed by atoms with Gasteiger partial charge in [0.05, 0.1) is 12.6 Å². The maximum atomic E-state index is 13.0. The molecule has 0 unspecified atom stereocenters. The maximum absolute atomic E-state index is 13.0. The maximum Gasteiger partial charge on any atom is 0.237 e. The monoisotopic (exact) mass is 370 g/mol. The number of rotatable bonds is 4. The van der Waals surface area contributed by atoms with Crippen LogP contribution in [0.2, 0.25) is 0 Å². The summed E-state index contributed by atoms with van der Waals surface area (Å²) >= 11 is 0.